The van der Waals surface area contributed by atoms with Gasteiger partial charge in [0.2, 0.25) is 0 Å². The smallest absolute Gasteiger partial charge is 0.153 e. The molecule has 3 aliphatic heterocycles. The largest absolute Gasteiger partial charge is 0.288 e. The summed E-state index contributed by atoms with van der Waals surface area (Å²) in [6.07, 6.45) is 0. The van der Waals surface area contributed by atoms with Crippen LogP contribution in [-0.4, -0.2) is 73.8 Å². The van der Waals surface area contributed by atoms with Gasteiger partial charge in [0.25, 0.3) is 0 Å². The van der Waals surface area contributed by atoms with Crippen LogP contribution < -0.4 is 0 Å². The van der Waals surface area contributed by atoms with Crippen LogP contribution in [0, 0.1) is 0 Å². The molecule has 0 unspecified atom stereocenters. The summed E-state index contributed by atoms with van der Waals surface area (Å²) in [6, 6.07) is 13.7. The predicted molar refractivity (Wildman–Crippen MR) is 126 cm³/mol. The number of hydrogen-bond acceptors (Lipinski definition) is 6. The number of halogens is 2. The average molecular weight is 515 g/mol. The van der Waals surface area contributed by atoms with Crippen molar-refractivity contribution in [3.8, 4) is 0 Å². The Morgan fingerprint density at radius 1 is 0.625 bits per heavy atom. The Morgan fingerprint density at radius 2 is 0.938 bits per heavy atom. The summed E-state index contributed by atoms with van der Waals surface area (Å²) in [4.78, 5) is 4.18. The van der Waals surface area contributed by atoms with Crippen molar-refractivity contribution in [3.05, 3.63) is 69.7 Å². The van der Waals surface area contributed by atoms with E-state index in [1.54, 1.807) is 12.1 Å². The fourth-order valence-electron chi connectivity index (χ4n) is 5.50. The molecule has 2 aromatic rings. The maximum atomic E-state index is 12.8. The highest BCUT2D eigenvalue weighted by Gasteiger charge is 2.57. The van der Waals surface area contributed by atoms with Gasteiger partial charge in [-0.3, -0.25) is 9.80 Å². The highest BCUT2D eigenvalue weighted by molar-refractivity contribution is 7.92. The van der Waals surface area contributed by atoms with E-state index in [9.17, 15) is 16.8 Å². The number of benzene rings is 2. The summed E-state index contributed by atoms with van der Waals surface area (Å²) in [5.74, 6) is 0.0731. The van der Waals surface area contributed by atoms with E-state index in [0.29, 0.717) is 23.1 Å². The average Bonchev–Trinajstić information content (AvgIpc) is 3.22. The van der Waals surface area contributed by atoms with Crippen molar-refractivity contribution < 1.29 is 16.8 Å². The second kappa shape index (κ2) is 8.25. The predicted octanol–water partition coefficient (Wildman–Crippen LogP) is 2.64. The van der Waals surface area contributed by atoms with E-state index in [0.717, 1.165) is 11.1 Å². The molecule has 0 aliphatic carbocycles. The van der Waals surface area contributed by atoms with Gasteiger partial charge < -0.3 is 0 Å². The number of sulfone groups is 2. The molecule has 0 aromatic heterocycles. The molecule has 3 heterocycles. The summed E-state index contributed by atoms with van der Waals surface area (Å²) in [5, 5.41) is 1.20. The Bertz CT molecular complexity index is 1120. The highest BCUT2D eigenvalue weighted by atomic mass is 35.5. The maximum Gasteiger partial charge on any atom is 0.153 e. The van der Waals surface area contributed by atoms with Gasteiger partial charge in [0.05, 0.1) is 23.0 Å². The summed E-state index contributed by atoms with van der Waals surface area (Å²) in [7, 11) is -6.52. The number of hydrogen-bond donors (Lipinski definition) is 0. The Balaban J connectivity index is 1.56. The fourth-order valence-corrected chi connectivity index (χ4v) is 9.89. The van der Waals surface area contributed by atoms with Gasteiger partial charge in [-0.15, -0.1) is 0 Å². The molecule has 0 radical (unpaired) electrons. The summed E-state index contributed by atoms with van der Waals surface area (Å²) in [6.45, 7) is 0.847. The van der Waals surface area contributed by atoms with Crippen LogP contribution in [0.5, 0.6) is 0 Å². The van der Waals surface area contributed by atoms with Crippen LogP contribution in [0.25, 0.3) is 0 Å². The first kappa shape index (κ1) is 22.6. The molecule has 172 valence electrons. The van der Waals surface area contributed by atoms with Crippen LogP contribution in [-0.2, 0) is 32.8 Å². The van der Waals surface area contributed by atoms with E-state index in [2.05, 4.69) is 9.80 Å². The van der Waals surface area contributed by atoms with E-state index < -0.39 is 19.7 Å². The first-order valence-electron chi connectivity index (χ1n) is 10.5. The van der Waals surface area contributed by atoms with Crippen molar-refractivity contribution in [1.82, 2.24) is 9.80 Å². The molecule has 0 amide bonds. The highest BCUT2D eigenvalue weighted by Crippen LogP contribution is 2.40. The van der Waals surface area contributed by atoms with Crippen molar-refractivity contribution in [3.63, 3.8) is 0 Å². The minimum atomic E-state index is -3.26. The van der Waals surface area contributed by atoms with E-state index in [1.165, 1.54) is 0 Å². The van der Waals surface area contributed by atoms with Crippen molar-refractivity contribution in [2.24, 2.45) is 0 Å². The lowest BCUT2D eigenvalue weighted by Gasteiger charge is -2.51. The van der Waals surface area contributed by atoms with Crippen LogP contribution in [0.4, 0.5) is 0 Å². The third-order valence-corrected chi connectivity index (χ3v) is 11.0. The Hall–Kier alpha value is -1.16. The van der Waals surface area contributed by atoms with Gasteiger partial charge in [-0.2, -0.15) is 0 Å². The molecule has 6 nitrogen and oxygen atoms in total. The van der Waals surface area contributed by atoms with Gasteiger partial charge in [0.1, 0.15) is 0 Å². The van der Waals surface area contributed by atoms with Gasteiger partial charge in [-0.1, -0.05) is 59.6 Å². The zero-order chi connectivity index (χ0) is 22.7. The SMILES string of the molecule is O=S1(=O)C[C@@H]2[C@H](C1)N(Cc1ccccc1Cl)[C@@H]1CS(=O)(=O)C[C@@H]1N2Cc1ccccc1Cl. The molecular formula is C22H24Cl2N2O4S2. The molecular weight excluding hydrogens is 491 g/mol. The van der Waals surface area contributed by atoms with E-state index in [1.807, 2.05) is 36.4 Å². The van der Waals surface area contributed by atoms with Crippen molar-refractivity contribution in [2.75, 3.05) is 23.0 Å². The van der Waals surface area contributed by atoms with Gasteiger partial charge in [-0.25, -0.2) is 16.8 Å². The molecule has 10 heteroatoms. The van der Waals surface area contributed by atoms with Crippen molar-refractivity contribution >= 4 is 42.9 Å². The Kier molecular flexibility index (Phi) is 5.83. The van der Waals surface area contributed by atoms with Crippen molar-refractivity contribution in [1.29, 1.82) is 0 Å². The lowest BCUT2D eigenvalue weighted by atomic mass is 9.93. The van der Waals surface area contributed by atoms with Gasteiger partial charge in [-0.05, 0) is 23.3 Å². The first-order chi connectivity index (χ1) is 15.1. The topological polar surface area (TPSA) is 74.8 Å². The van der Waals surface area contributed by atoms with Crippen LogP contribution in [0.3, 0.4) is 0 Å². The quantitative estimate of drug-likeness (QED) is 0.624. The third-order valence-electron chi connectivity index (χ3n) is 6.91. The number of piperazine rings is 1. The number of nitrogens with zero attached hydrogens (tertiary/aromatic N) is 2. The minimum Gasteiger partial charge on any atom is -0.288 e. The fraction of sp³-hybridized carbons (Fsp3) is 0.455. The van der Waals surface area contributed by atoms with Crippen molar-refractivity contribution in [2.45, 2.75) is 37.3 Å². The van der Waals surface area contributed by atoms with Crippen LogP contribution >= 0.6 is 23.2 Å². The van der Waals surface area contributed by atoms with Crippen LogP contribution in [0.1, 0.15) is 11.1 Å². The van der Waals surface area contributed by atoms with Gasteiger partial charge >= 0.3 is 0 Å². The third kappa shape index (κ3) is 4.21. The summed E-state index contributed by atoms with van der Waals surface area (Å²) in [5.41, 5.74) is 1.75. The van der Waals surface area contributed by atoms with E-state index >= 15 is 0 Å². The Labute approximate surface area is 198 Å². The Morgan fingerprint density at radius 3 is 1.25 bits per heavy atom. The zero-order valence-electron chi connectivity index (χ0n) is 17.3. The monoisotopic (exact) mass is 514 g/mol. The van der Waals surface area contributed by atoms with Crippen LogP contribution in [0.2, 0.25) is 10.0 Å². The molecule has 3 aliphatic rings. The number of rotatable bonds is 4. The van der Waals surface area contributed by atoms with E-state index in [4.69, 9.17) is 23.2 Å². The lowest BCUT2D eigenvalue weighted by Crippen LogP contribution is -2.67. The molecule has 0 bridgehead atoms. The van der Waals surface area contributed by atoms with Gasteiger partial charge in [0, 0.05) is 47.3 Å². The summed E-state index contributed by atoms with van der Waals surface area (Å²) >= 11 is 12.8. The van der Waals surface area contributed by atoms with Gasteiger partial charge in [0.15, 0.2) is 19.7 Å². The zero-order valence-corrected chi connectivity index (χ0v) is 20.4. The molecule has 3 fully saturated rings. The van der Waals surface area contributed by atoms with Crippen LogP contribution in [0.15, 0.2) is 48.5 Å². The minimum absolute atomic E-state index is 0.0183. The molecule has 32 heavy (non-hydrogen) atoms. The second-order valence-electron chi connectivity index (χ2n) is 8.95. The molecule has 2 aromatic carbocycles. The van der Waals surface area contributed by atoms with E-state index in [-0.39, 0.29) is 47.2 Å². The lowest BCUT2D eigenvalue weighted by molar-refractivity contribution is -0.0341. The second-order valence-corrected chi connectivity index (χ2v) is 14.1. The standard InChI is InChI=1S/C22H24Cl2N2O4S2/c23-17-7-3-1-5-15(17)9-25-19-11-31(27,28)13-21(19)26(10-16-6-2-4-8-18(16)24)22-14-32(29,30)12-20(22)25/h1-8,19-22H,9-14H2/t19-,20+,21+,22-. The first-order valence-corrected chi connectivity index (χ1v) is 14.9. The molecule has 0 N–H and O–H groups in total. The molecule has 0 spiro atoms. The normalized spacial score (nSPS) is 31.3. The number of fused-ring (bicyclic) bond motifs is 2. The maximum absolute atomic E-state index is 12.8. The molecule has 0 saturated carbocycles. The molecule has 5 rings (SSSR count). The summed E-state index contributed by atoms with van der Waals surface area (Å²) < 4.78 is 51.0. The molecule has 4 atom stereocenters. The molecule has 3 saturated heterocycles.